The third kappa shape index (κ3) is 5.21. The molecule has 0 aromatic heterocycles. The van der Waals surface area contributed by atoms with Gasteiger partial charge in [-0.3, -0.25) is 4.79 Å². The Hall–Kier alpha value is -2.57. The van der Waals surface area contributed by atoms with Crippen LogP contribution in [-0.2, 0) is 4.79 Å². The van der Waals surface area contributed by atoms with Crippen LogP contribution in [0.1, 0.15) is 11.7 Å². The molecule has 1 unspecified atom stereocenters. The number of methoxy groups -OCH3 is 1. The maximum absolute atomic E-state index is 12.0. The number of hydrogen-bond acceptors (Lipinski definition) is 4. The minimum atomic E-state index is -0.793. The second-order valence-corrected chi connectivity index (χ2v) is 6.95. The van der Waals surface area contributed by atoms with Crippen LogP contribution in [0.5, 0.6) is 11.5 Å². The molecule has 3 aromatic rings. The fourth-order valence-electron chi connectivity index (χ4n) is 2.64. The van der Waals surface area contributed by atoms with Gasteiger partial charge in [-0.2, -0.15) is 0 Å². The highest BCUT2D eigenvalue weighted by Gasteiger charge is 2.10. The van der Waals surface area contributed by atoms with Crippen LogP contribution in [0.4, 0.5) is 0 Å². The molecule has 0 aliphatic rings. The summed E-state index contributed by atoms with van der Waals surface area (Å²) in [5.74, 6) is 1.04. The van der Waals surface area contributed by atoms with Crippen LogP contribution in [-0.4, -0.2) is 31.3 Å². The Morgan fingerprint density at radius 2 is 1.70 bits per heavy atom. The number of benzene rings is 3. The highest BCUT2D eigenvalue weighted by molar-refractivity contribution is 9.10. The van der Waals surface area contributed by atoms with Crippen LogP contribution < -0.4 is 14.8 Å². The fraction of sp³-hybridized carbons (Fsp3) is 0.190. The number of amides is 1. The van der Waals surface area contributed by atoms with Gasteiger partial charge in [0.05, 0.1) is 13.2 Å². The fourth-order valence-corrected chi connectivity index (χ4v) is 3.02. The standard InChI is InChI=1S/C21H20BrNO4/c1-26-18-7-3-14(4-8-18)20(24)12-23-21(25)13-27-19-9-5-15-10-17(22)6-2-16(15)11-19/h2-11,20,24H,12-13H2,1H3,(H,23,25). The number of aliphatic hydroxyl groups is 1. The van der Waals surface area contributed by atoms with Gasteiger partial charge < -0.3 is 19.9 Å². The maximum atomic E-state index is 12.0. The van der Waals surface area contributed by atoms with E-state index in [1.54, 1.807) is 31.4 Å². The van der Waals surface area contributed by atoms with Crippen molar-refractivity contribution in [2.75, 3.05) is 20.3 Å². The Balaban J connectivity index is 1.49. The summed E-state index contributed by atoms with van der Waals surface area (Å²) in [4.78, 5) is 12.0. The summed E-state index contributed by atoms with van der Waals surface area (Å²) >= 11 is 3.44. The van der Waals surface area contributed by atoms with Crippen molar-refractivity contribution in [3.05, 3.63) is 70.7 Å². The molecule has 3 aromatic carbocycles. The van der Waals surface area contributed by atoms with Gasteiger partial charge in [-0.05, 0) is 52.7 Å². The zero-order valence-electron chi connectivity index (χ0n) is 14.8. The Labute approximate surface area is 166 Å². The molecule has 5 nitrogen and oxygen atoms in total. The first-order chi connectivity index (χ1) is 13.0. The second-order valence-electron chi connectivity index (χ2n) is 6.03. The lowest BCUT2D eigenvalue weighted by Crippen LogP contribution is -2.32. The minimum absolute atomic E-state index is 0.111. The molecule has 6 heteroatoms. The lowest BCUT2D eigenvalue weighted by Gasteiger charge is -2.13. The van der Waals surface area contributed by atoms with E-state index >= 15 is 0 Å². The van der Waals surface area contributed by atoms with Crippen LogP contribution in [0.15, 0.2) is 65.1 Å². The smallest absolute Gasteiger partial charge is 0.258 e. The van der Waals surface area contributed by atoms with Gasteiger partial charge in [-0.25, -0.2) is 0 Å². The predicted molar refractivity (Wildman–Crippen MR) is 108 cm³/mol. The highest BCUT2D eigenvalue weighted by Crippen LogP contribution is 2.24. The number of hydrogen-bond donors (Lipinski definition) is 2. The van der Waals surface area contributed by atoms with E-state index in [-0.39, 0.29) is 19.1 Å². The molecule has 0 spiro atoms. The van der Waals surface area contributed by atoms with Crippen LogP contribution in [0.3, 0.4) is 0 Å². The lowest BCUT2D eigenvalue weighted by atomic mass is 10.1. The molecule has 3 rings (SSSR count). The first-order valence-corrected chi connectivity index (χ1v) is 9.25. The summed E-state index contributed by atoms with van der Waals surface area (Å²) in [6.45, 7) is -0.00234. The zero-order valence-corrected chi connectivity index (χ0v) is 16.4. The zero-order chi connectivity index (χ0) is 19.2. The van der Waals surface area contributed by atoms with Crippen molar-refractivity contribution < 1.29 is 19.4 Å². The number of aliphatic hydroxyl groups excluding tert-OH is 1. The Bertz CT molecular complexity index is 927. The van der Waals surface area contributed by atoms with Gasteiger partial charge in [0.15, 0.2) is 6.61 Å². The number of carbonyl (C=O) groups excluding carboxylic acids is 1. The lowest BCUT2D eigenvalue weighted by molar-refractivity contribution is -0.123. The van der Waals surface area contributed by atoms with Gasteiger partial charge in [0, 0.05) is 11.0 Å². The van der Waals surface area contributed by atoms with E-state index < -0.39 is 6.10 Å². The van der Waals surface area contributed by atoms with Crippen molar-refractivity contribution in [3.8, 4) is 11.5 Å². The topological polar surface area (TPSA) is 67.8 Å². The van der Waals surface area contributed by atoms with E-state index in [0.29, 0.717) is 17.1 Å². The van der Waals surface area contributed by atoms with Gasteiger partial charge in [-0.1, -0.05) is 40.2 Å². The van der Waals surface area contributed by atoms with Crippen molar-refractivity contribution in [1.29, 1.82) is 0 Å². The van der Waals surface area contributed by atoms with Crippen molar-refractivity contribution in [2.45, 2.75) is 6.10 Å². The van der Waals surface area contributed by atoms with Crippen LogP contribution in [0.2, 0.25) is 0 Å². The van der Waals surface area contributed by atoms with E-state index in [2.05, 4.69) is 21.2 Å². The monoisotopic (exact) mass is 429 g/mol. The molecule has 1 amide bonds. The number of carbonyl (C=O) groups is 1. The molecule has 140 valence electrons. The van der Waals surface area contributed by atoms with Gasteiger partial charge in [0.1, 0.15) is 11.5 Å². The molecule has 0 fully saturated rings. The molecule has 2 N–H and O–H groups in total. The Morgan fingerprint density at radius 3 is 2.44 bits per heavy atom. The number of rotatable bonds is 7. The first-order valence-electron chi connectivity index (χ1n) is 8.46. The largest absolute Gasteiger partial charge is 0.497 e. The van der Waals surface area contributed by atoms with E-state index in [0.717, 1.165) is 15.2 Å². The summed E-state index contributed by atoms with van der Waals surface area (Å²) in [5.41, 5.74) is 0.706. The number of fused-ring (bicyclic) bond motifs is 1. The Kier molecular flexibility index (Phi) is 6.32. The molecule has 0 saturated heterocycles. The summed E-state index contributed by atoms with van der Waals surface area (Å²) in [7, 11) is 1.58. The minimum Gasteiger partial charge on any atom is -0.497 e. The molecule has 27 heavy (non-hydrogen) atoms. The molecular formula is C21H20BrNO4. The first kappa shape index (κ1) is 19.2. The number of ether oxygens (including phenoxy) is 2. The van der Waals surface area contributed by atoms with Gasteiger partial charge in [-0.15, -0.1) is 0 Å². The van der Waals surface area contributed by atoms with Crippen LogP contribution in [0, 0.1) is 0 Å². The molecule has 0 aliphatic carbocycles. The molecular weight excluding hydrogens is 410 g/mol. The van der Waals surface area contributed by atoms with E-state index in [9.17, 15) is 9.90 Å². The Morgan fingerprint density at radius 1 is 1.04 bits per heavy atom. The predicted octanol–water partition coefficient (Wildman–Crippen LogP) is 3.84. The third-order valence-corrected chi connectivity index (χ3v) is 4.63. The average molecular weight is 430 g/mol. The van der Waals surface area contributed by atoms with E-state index in [1.165, 1.54) is 0 Å². The SMILES string of the molecule is COc1ccc(C(O)CNC(=O)COc2ccc3cc(Br)ccc3c2)cc1. The highest BCUT2D eigenvalue weighted by atomic mass is 79.9. The normalized spacial score (nSPS) is 11.8. The molecule has 1 atom stereocenters. The van der Waals surface area contributed by atoms with Gasteiger partial charge in [0.25, 0.3) is 5.91 Å². The van der Waals surface area contributed by atoms with E-state index in [4.69, 9.17) is 9.47 Å². The average Bonchev–Trinajstić information content (AvgIpc) is 2.70. The summed E-state index contributed by atoms with van der Waals surface area (Å²) in [5, 5.41) is 15.0. The number of halogens is 1. The van der Waals surface area contributed by atoms with Crippen molar-refractivity contribution >= 4 is 32.6 Å². The number of nitrogens with one attached hydrogen (secondary N) is 1. The summed E-state index contributed by atoms with van der Waals surface area (Å²) in [6.07, 6.45) is -0.793. The molecule has 0 saturated carbocycles. The van der Waals surface area contributed by atoms with Gasteiger partial charge >= 0.3 is 0 Å². The van der Waals surface area contributed by atoms with Crippen LogP contribution in [0.25, 0.3) is 10.8 Å². The second kappa shape index (κ2) is 8.88. The van der Waals surface area contributed by atoms with Crippen molar-refractivity contribution in [3.63, 3.8) is 0 Å². The molecule has 0 radical (unpaired) electrons. The summed E-state index contributed by atoms with van der Waals surface area (Å²) in [6, 6.07) is 18.7. The third-order valence-electron chi connectivity index (χ3n) is 4.14. The van der Waals surface area contributed by atoms with Crippen LogP contribution >= 0.6 is 15.9 Å². The van der Waals surface area contributed by atoms with Gasteiger partial charge in [0.2, 0.25) is 0 Å². The molecule has 0 heterocycles. The maximum Gasteiger partial charge on any atom is 0.258 e. The van der Waals surface area contributed by atoms with Crippen molar-refractivity contribution in [2.24, 2.45) is 0 Å². The summed E-state index contributed by atoms with van der Waals surface area (Å²) < 4.78 is 11.6. The molecule has 0 aliphatic heterocycles. The van der Waals surface area contributed by atoms with E-state index in [1.807, 2.05) is 36.4 Å². The van der Waals surface area contributed by atoms with Crippen molar-refractivity contribution in [1.82, 2.24) is 5.32 Å². The quantitative estimate of drug-likeness (QED) is 0.598. The molecule has 0 bridgehead atoms.